The van der Waals surface area contributed by atoms with Crippen LogP contribution in [0.1, 0.15) is 44.1 Å². The van der Waals surface area contributed by atoms with Crippen molar-refractivity contribution >= 4 is 6.09 Å². The van der Waals surface area contributed by atoms with E-state index >= 15 is 0 Å². The second-order valence-electron chi connectivity index (χ2n) is 7.07. The Morgan fingerprint density at radius 2 is 2.15 bits per heavy atom. The molecular formula is C19H26N4O3. The van der Waals surface area contributed by atoms with Crippen molar-refractivity contribution in [2.75, 3.05) is 26.3 Å². The van der Waals surface area contributed by atoms with Gasteiger partial charge in [0.15, 0.2) is 0 Å². The highest BCUT2D eigenvalue weighted by atomic mass is 16.6. The molecule has 2 heterocycles. The van der Waals surface area contributed by atoms with Crippen LogP contribution in [0.5, 0.6) is 5.88 Å². The molecule has 7 heteroatoms. The first-order valence-corrected chi connectivity index (χ1v) is 9.41. The van der Waals surface area contributed by atoms with Crippen molar-refractivity contribution in [3.8, 4) is 11.9 Å². The third kappa shape index (κ3) is 4.63. The molecule has 0 radical (unpaired) electrons. The average molecular weight is 358 g/mol. The van der Waals surface area contributed by atoms with Gasteiger partial charge in [0, 0.05) is 19.2 Å². The predicted octanol–water partition coefficient (Wildman–Crippen LogP) is 2.93. The number of aryl methyl sites for hydroxylation is 1. The number of amides is 1. The summed E-state index contributed by atoms with van der Waals surface area (Å²) in [7, 11) is 0. The molecule has 0 spiro atoms. The smallest absolute Gasteiger partial charge is 0.409 e. The van der Waals surface area contributed by atoms with E-state index in [9.17, 15) is 4.79 Å². The van der Waals surface area contributed by atoms with E-state index in [2.05, 4.69) is 9.97 Å². The standard InChI is InChI=1S/C19H26N4O3/c1-3-25-19(24)23-7-4-14(5-8-23)17-10-15(17)6-9-26-18-11-16(12-20)21-13(2)22-18/h11,14-15,17H,3-10H2,1-2H3/t15-,17-/m1/s1. The molecule has 1 aromatic rings. The van der Waals surface area contributed by atoms with Gasteiger partial charge in [0.1, 0.15) is 17.6 Å². The molecule has 3 rings (SSSR count). The summed E-state index contributed by atoms with van der Waals surface area (Å²) in [5.41, 5.74) is 0.338. The van der Waals surface area contributed by atoms with Crippen LogP contribution in [-0.2, 0) is 4.74 Å². The molecule has 1 aromatic heterocycles. The van der Waals surface area contributed by atoms with Gasteiger partial charge in [-0.25, -0.2) is 9.78 Å². The Morgan fingerprint density at radius 1 is 1.38 bits per heavy atom. The Bertz CT molecular complexity index is 680. The van der Waals surface area contributed by atoms with Crippen molar-refractivity contribution in [2.24, 2.45) is 17.8 Å². The lowest BCUT2D eigenvalue weighted by molar-refractivity contribution is 0.0887. The van der Waals surface area contributed by atoms with Crippen LogP contribution in [0.4, 0.5) is 4.79 Å². The maximum Gasteiger partial charge on any atom is 0.409 e. The molecule has 26 heavy (non-hydrogen) atoms. The molecule has 140 valence electrons. The number of aromatic nitrogens is 2. The lowest BCUT2D eigenvalue weighted by Gasteiger charge is -2.31. The molecule has 2 atom stereocenters. The first-order chi connectivity index (χ1) is 12.6. The number of rotatable bonds is 6. The zero-order valence-corrected chi connectivity index (χ0v) is 15.5. The number of carbonyl (C=O) groups excluding carboxylic acids is 1. The van der Waals surface area contributed by atoms with Gasteiger partial charge in [0.05, 0.1) is 13.2 Å². The fourth-order valence-corrected chi connectivity index (χ4v) is 3.89. The Morgan fingerprint density at radius 3 is 2.85 bits per heavy atom. The second-order valence-corrected chi connectivity index (χ2v) is 7.07. The first kappa shape index (κ1) is 18.4. The summed E-state index contributed by atoms with van der Waals surface area (Å²) < 4.78 is 10.8. The molecule has 1 saturated heterocycles. The van der Waals surface area contributed by atoms with E-state index in [4.69, 9.17) is 14.7 Å². The largest absolute Gasteiger partial charge is 0.478 e. The minimum Gasteiger partial charge on any atom is -0.478 e. The van der Waals surface area contributed by atoms with Gasteiger partial charge in [0.2, 0.25) is 5.88 Å². The molecule has 1 aliphatic heterocycles. The highest BCUT2D eigenvalue weighted by molar-refractivity contribution is 5.67. The van der Waals surface area contributed by atoms with Gasteiger partial charge in [-0.05, 0) is 57.3 Å². The number of piperidine rings is 1. The van der Waals surface area contributed by atoms with Crippen LogP contribution in [0, 0.1) is 36.0 Å². The van der Waals surface area contributed by atoms with E-state index in [-0.39, 0.29) is 6.09 Å². The van der Waals surface area contributed by atoms with Crippen LogP contribution in [0.15, 0.2) is 6.07 Å². The number of hydrogen-bond donors (Lipinski definition) is 0. The molecule has 2 aliphatic rings. The molecule has 1 aliphatic carbocycles. The van der Waals surface area contributed by atoms with Crippen molar-refractivity contribution < 1.29 is 14.3 Å². The van der Waals surface area contributed by atoms with Gasteiger partial charge < -0.3 is 14.4 Å². The molecular weight excluding hydrogens is 332 g/mol. The Labute approximate surface area is 154 Å². The van der Waals surface area contributed by atoms with Crippen LogP contribution < -0.4 is 4.74 Å². The fourth-order valence-electron chi connectivity index (χ4n) is 3.89. The minimum atomic E-state index is -0.177. The number of carbonyl (C=O) groups is 1. The van der Waals surface area contributed by atoms with Gasteiger partial charge in [0.25, 0.3) is 0 Å². The highest BCUT2D eigenvalue weighted by Gasteiger charge is 2.43. The van der Waals surface area contributed by atoms with E-state index in [1.807, 2.05) is 17.9 Å². The van der Waals surface area contributed by atoms with Gasteiger partial charge in [-0.15, -0.1) is 0 Å². The number of nitrogens with zero attached hydrogens (tertiary/aromatic N) is 4. The molecule has 1 amide bonds. The van der Waals surface area contributed by atoms with Gasteiger partial charge in [-0.1, -0.05) is 0 Å². The minimum absolute atomic E-state index is 0.177. The second kappa shape index (κ2) is 8.35. The van der Waals surface area contributed by atoms with Crippen LogP contribution in [-0.4, -0.2) is 47.3 Å². The summed E-state index contributed by atoms with van der Waals surface area (Å²) in [5.74, 6) is 3.19. The Kier molecular flexibility index (Phi) is 5.92. The van der Waals surface area contributed by atoms with E-state index in [0.29, 0.717) is 42.4 Å². The van der Waals surface area contributed by atoms with Crippen molar-refractivity contribution in [2.45, 2.75) is 39.5 Å². The third-order valence-electron chi connectivity index (χ3n) is 5.32. The van der Waals surface area contributed by atoms with E-state index in [1.165, 1.54) is 6.42 Å². The van der Waals surface area contributed by atoms with Crippen LogP contribution in [0.2, 0.25) is 0 Å². The molecule has 0 aromatic carbocycles. The van der Waals surface area contributed by atoms with Gasteiger partial charge >= 0.3 is 6.09 Å². The summed E-state index contributed by atoms with van der Waals surface area (Å²) in [5, 5.41) is 8.94. The number of nitriles is 1. The lowest BCUT2D eigenvalue weighted by Crippen LogP contribution is -2.39. The van der Waals surface area contributed by atoms with E-state index in [0.717, 1.165) is 38.3 Å². The van der Waals surface area contributed by atoms with E-state index in [1.54, 1.807) is 13.0 Å². The molecule has 1 saturated carbocycles. The predicted molar refractivity (Wildman–Crippen MR) is 94.5 cm³/mol. The topological polar surface area (TPSA) is 88.3 Å². The van der Waals surface area contributed by atoms with E-state index < -0.39 is 0 Å². The summed E-state index contributed by atoms with van der Waals surface area (Å²) in [6, 6.07) is 3.61. The van der Waals surface area contributed by atoms with Crippen molar-refractivity contribution in [1.82, 2.24) is 14.9 Å². The quantitative estimate of drug-likeness (QED) is 0.777. The summed E-state index contributed by atoms with van der Waals surface area (Å²) in [4.78, 5) is 21.8. The Balaban J connectivity index is 1.37. The number of likely N-dealkylation sites (tertiary alicyclic amines) is 1. The van der Waals surface area contributed by atoms with Gasteiger partial charge in [-0.2, -0.15) is 10.2 Å². The monoisotopic (exact) mass is 358 g/mol. The normalized spacial score (nSPS) is 22.6. The zero-order chi connectivity index (χ0) is 18.5. The SMILES string of the molecule is CCOC(=O)N1CCC([C@H]2C[C@H]2CCOc2cc(C#N)nc(C)n2)CC1. The number of ether oxygens (including phenoxy) is 2. The summed E-state index contributed by atoms with van der Waals surface area (Å²) in [6.45, 7) is 6.26. The molecule has 0 bridgehead atoms. The van der Waals surface area contributed by atoms with Crippen molar-refractivity contribution in [3.63, 3.8) is 0 Å². The summed E-state index contributed by atoms with van der Waals surface area (Å²) in [6.07, 6.45) is 4.21. The van der Waals surface area contributed by atoms with Crippen LogP contribution >= 0.6 is 0 Å². The number of hydrogen-bond acceptors (Lipinski definition) is 6. The highest BCUT2D eigenvalue weighted by Crippen LogP contribution is 2.49. The summed E-state index contributed by atoms with van der Waals surface area (Å²) >= 11 is 0. The zero-order valence-electron chi connectivity index (χ0n) is 15.5. The fraction of sp³-hybridized carbons (Fsp3) is 0.684. The molecule has 0 unspecified atom stereocenters. The maximum atomic E-state index is 11.8. The lowest BCUT2D eigenvalue weighted by atomic mass is 9.91. The molecule has 0 N–H and O–H groups in total. The van der Waals surface area contributed by atoms with Gasteiger partial charge in [-0.3, -0.25) is 0 Å². The third-order valence-corrected chi connectivity index (χ3v) is 5.32. The average Bonchev–Trinajstić information content (AvgIpc) is 3.41. The van der Waals surface area contributed by atoms with Crippen molar-refractivity contribution in [1.29, 1.82) is 5.26 Å². The van der Waals surface area contributed by atoms with Crippen LogP contribution in [0.3, 0.4) is 0 Å². The molecule has 7 nitrogen and oxygen atoms in total. The van der Waals surface area contributed by atoms with Crippen molar-refractivity contribution in [3.05, 3.63) is 17.6 Å². The van der Waals surface area contributed by atoms with Crippen LogP contribution in [0.25, 0.3) is 0 Å². The Hall–Kier alpha value is -2.36. The maximum absolute atomic E-state index is 11.8. The first-order valence-electron chi connectivity index (χ1n) is 9.41. The molecule has 2 fully saturated rings.